The quantitative estimate of drug-likeness (QED) is 0.289. The van der Waals surface area contributed by atoms with Crippen LogP contribution in [0.3, 0.4) is 0 Å². The lowest BCUT2D eigenvalue weighted by Gasteiger charge is -2.30. The van der Waals surface area contributed by atoms with Crippen LogP contribution in [-0.2, 0) is 29.7 Å². The van der Waals surface area contributed by atoms with E-state index in [1.807, 2.05) is 10.7 Å². The Morgan fingerprint density at radius 1 is 1.27 bits per heavy atom. The summed E-state index contributed by atoms with van der Waals surface area (Å²) in [6.07, 6.45) is 6.74. The van der Waals surface area contributed by atoms with E-state index in [2.05, 4.69) is 45.8 Å². The molecule has 0 radical (unpaired) electrons. The molecule has 1 aliphatic heterocycles. The maximum atomic E-state index is 5.49. The highest BCUT2D eigenvalue weighted by atomic mass is 127. The predicted octanol–water partition coefficient (Wildman–Crippen LogP) is 3.43. The first-order valence-electron chi connectivity index (χ1n) is 11.8. The number of aliphatic imine (C=N–C) groups is 1. The smallest absolute Gasteiger partial charge is 0.191 e. The Balaban J connectivity index is 0.00000306. The number of aromatic nitrogens is 3. The second kappa shape index (κ2) is 12.0. The third-order valence-electron chi connectivity index (χ3n) is 6.64. The van der Waals surface area contributed by atoms with Crippen molar-refractivity contribution in [2.24, 2.45) is 4.99 Å². The summed E-state index contributed by atoms with van der Waals surface area (Å²) < 4.78 is 12.7. The fourth-order valence-electron chi connectivity index (χ4n) is 4.96. The highest BCUT2D eigenvalue weighted by Crippen LogP contribution is 2.42. The highest BCUT2D eigenvalue weighted by Gasteiger charge is 2.36. The van der Waals surface area contributed by atoms with E-state index in [0.717, 1.165) is 68.7 Å². The van der Waals surface area contributed by atoms with Gasteiger partial charge in [-0.1, -0.05) is 25.0 Å². The van der Waals surface area contributed by atoms with Gasteiger partial charge in [0, 0.05) is 31.5 Å². The molecule has 1 fully saturated rings. The van der Waals surface area contributed by atoms with Crippen LogP contribution >= 0.6 is 24.0 Å². The second-order valence-corrected chi connectivity index (χ2v) is 8.85. The van der Waals surface area contributed by atoms with Gasteiger partial charge in [0.1, 0.15) is 18.2 Å². The van der Waals surface area contributed by atoms with Crippen LogP contribution in [0.15, 0.2) is 29.3 Å². The van der Waals surface area contributed by atoms with Crippen LogP contribution in [0.4, 0.5) is 0 Å². The Kier molecular flexibility index (Phi) is 9.37. The van der Waals surface area contributed by atoms with Crippen molar-refractivity contribution >= 4 is 29.9 Å². The normalized spacial score (nSPS) is 19.5. The number of hydrogen-bond donors (Lipinski definition) is 2. The number of ether oxygens (including phenoxy) is 2. The van der Waals surface area contributed by atoms with Gasteiger partial charge >= 0.3 is 0 Å². The van der Waals surface area contributed by atoms with E-state index in [1.165, 1.54) is 18.4 Å². The first-order valence-corrected chi connectivity index (χ1v) is 11.8. The molecule has 182 valence electrons. The summed E-state index contributed by atoms with van der Waals surface area (Å²) in [5.41, 5.74) is 1.42. The number of hydrogen-bond acceptors (Lipinski definition) is 5. The average molecular weight is 569 g/mol. The van der Waals surface area contributed by atoms with Gasteiger partial charge in [0.2, 0.25) is 0 Å². The zero-order valence-electron chi connectivity index (χ0n) is 20.0. The molecule has 0 amide bonds. The van der Waals surface area contributed by atoms with Gasteiger partial charge in [0.25, 0.3) is 0 Å². The minimum Gasteiger partial charge on any atom is -0.497 e. The van der Waals surface area contributed by atoms with Crippen molar-refractivity contribution in [1.29, 1.82) is 0 Å². The van der Waals surface area contributed by atoms with Crippen molar-refractivity contribution in [3.8, 4) is 5.75 Å². The lowest BCUT2D eigenvalue weighted by molar-refractivity contribution is 0.177. The molecule has 8 nitrogen and oxygen atoms in total. The van der Waals surface area contributed by atoms with Gasteiger partial charge in [-0.05, 0) is 43.9 Å². The van der Waals surface area contributed by atoms with Gasteiger partial charge < -0.3 is 20.1 Å². The van der Waals surface area contributed by atoms with Crippen molar-refractivity contribution in [3.63, 3.8) is 0 Å². The number of nitrogens with zero attached hydrogens (tertiary/aromatic N) is 4. The third-order valence-corrected chi connectivity index (χ3v) is 6.64. The number of benzene rings is 1. The minimum absolute atomic E-state index is 0. The van der Waals surface area contributed by atoms with Crippen LogP contribution in [0.1, 0.15) is 56.2 Å². The summed E-state index contributed by atoms with van der Waals surface area (Å²) in [5.74, 6) is 3.60. The Labute approximate surface area is 214 Å². The number of nitrogens with one attached hydrogen (secondary N) is 2. The van der Waals surface area contributed by atoms with Gasteiger partial charge in [-0.15, -0.1) is 24.0 Å². The van der Waals surface area contributed by atoms with Gasteiger partial charge in [-0.2, -0.15) is 5.10 Å². The molecule has 1 aliphatic carbocycles. The van der Waals surface area contributed by atoms with Gasteiger partial charge in [-0.25, -0.2) is 9.67 Å². The average Bonchev–Trinajstić information content (AvgIpc) is 3.45. The maximum absolute atomic E-state index is 5.49. The summed E-state index contributed by atoms with van der Waals surface area (Å²) in [5, 5.41) is 11.7. The molecule has 2 aromatic rings. The van der Waals surface area contributed by atoms with E-state index in [9.17, 15) is 0 Å². The van der Waals surface area contributed by atoms with Crippen LogP contribution in [-0.4, -0.2) is 54.1 Å². The van der Waals surface area contributed by atoms with Crippen molar-refractivity contribution in [2.45, 2.75) is 70.1 Å². The van der Waals surface area contributed by atoms with Gasteiger partial charge in [0.05, 0.1) is 20.2 Å². The molecule has 33 heavy (non-hydrogen) atoms. The third kappa shape index (κ3) is 6.17. The standard InChI is InChI=1S/C24H36N6O2.HI/c1-4-25-23(27-19-10-11-22-28-21(16-31-2)29-30(22)15-19)26-17-24(12-5-6-13-24)18-8-7-9-20(14-18)32-3;/h7-9,14,19H,4-6,10-13,15-17H2,1-3H3,(H2,25,26,27);1H. The molecule has 0 bridgehead atoms. The van der Waals surface area contributed by atoms with Crippen molar-refractivity contribution in [2.75, 3.05) is 27.3 Å². The molecule has 1 aromatic heterocycles. The monoisotopic (exact) mass is 568 g/mol. The lowest BCUT2D eigenvalue weighted by Crippen LogP contribution is -2.47. The molecule has 1 saturated carbocycles. The zero-order valence-corrected chi connectivity index (χ0v) is 22.3. The topological polar surface area (TPSA) is 85.6 Å². The van der Waals surface area contributed by atoms with Crippen LogP contribution in [0, 0.1) is 0 Å². The van der Waals surface area contributed by atoms with Crippen molar-refractivity contribution < 1.29 is 9.47 Å². The summed E-state index contributed by atoms with van der Waals surface area (Å²) in [4.78, 5) is 9.65. The van der Waals surface area contributed by atoms with E-state index in [1.54, 1.807) is 14.2 Å². The molecular formula is C24H37IN6O2. The Morgan fingerprint density at radius 2 is 2.09 bits per heavy atom. The number of aryl methyl sites for hydroxylation is 1. The summed E-state index contributed by atoms with van der Waals surface area (Å²) in [6, 6.07) is 8.80. The van der Waals surface area contributed by atoms with E-state index < -0.39 is 0 Å². The van der Waals surface area contributed by atoms with Crippen LogP contribution in [0.25, 0.3) is 0 Å². The fourth-order valence-corrected chi connectivity index (χ4v) is 4.96. The molecule has 9 heteroatoms. The van der Waals surface area contributed by atoms with Gasteiger partial charge in [0.15, 0.2) is 11.8 Å². The highest BCUT2D eigenvalue weighted by molar-refractivity contribution is 14.0. The molecule has 1 aromatic carbocycles. The van der Waals surface area contributed by atoms with Crippen LogP contribution < -0.4 is 15.4 Å². The first kappa shape index (κ1) is 25.7. The Bertz CT molecular complexity index is 925. The van der Waals surface area contributed by atoms with Gasteiger partial charge in [-0.3, -0.25) is 4.99 Å². The summed E-state index contributed by atoms with van der Waals surface area (Å²) in [6.45, 7) is 4.95. The Hall–Kier alpha value is -1.88. The van der Waals surface area contributed by atoms with E-state index in [0.29, 0.717) is 6.61 Å². The molecule has 4 rings (SSSR count). The zero-order chi connectivity index (χ0) is 22.4. The van der Waals surface area contributed by atoms with E-state index >= 15 is 0 Å². The first-order chi connectivity index (χ1) is 15.7. The number of rotatable bonds is 8. The molecule has 2 N–H and O–H groups in total. The molecule has 1 unspecified atom stereocenters. The molecule has 1 atom stereocenters. The summed E-state index contributed by atoms with van der Waals surface area (Å²) in [7, 11) is 3.40. The SMILES string of the molecule is CCNC(=NCC1(c2cccc(OC)c2)CCCC1)NC1CCc2nc(COC)nn2C1.I. The summed E-state index contributed by atoms with van der Waals surface area (Å²) >= 11 is 0. The van der Waals surface area contributed by atoms with E-state index in [-0.39, 0.29) is 35.4 Å². The Morgan fingerprint density at radius 3 is 2.82 bits per heavy atom. The van der Waals surface area contributed by atoms with Crippen molar-refractivity contribution in [3.05, 3.63) is 41.5 Å². The largest absolute Gasteiger partial charge is 0.497 e. The predicted molar refractivity (Wildman–Crippen MR) is 141 cm³/mol. The van der Waals surface area contributed by atoms with Crippen LogP contribution in [0.2, 0.25) is 0 Å². The number of halogens is 1. The van der Waals surface area contributed by atoms with E-state index in [4.69, 9.17) is 14.5 Å². The number of methoxy groups -OCH3 is 2. The molecule has 0 spiro atoms. The fraction of sp³-hybridized carbons (Fsp3) is 0.625. The maximum Gasteiger partial charge on any atom is 0.191 e. The van der Waals surface area contributed by atoms with Crippen LogP contribution in [0.5, 0.6) is 5.75 Å². The molecule has 2 heterocycles. The number of fused-ring (bicyclic) bond motifs is 1. The lowest BCUT2D eigenvalue weighted by atomic mass is 9.79. The molecule has 2 aliphatic rings. The number of guanidine groups is 1. The van der Waals surface area contributed by atoms with Crippen molar-refractivity contribution in [1.82, 2.24) is 25.4 Å². The molecular weight excluding hydrogens is 531 g/mol. The minimum atomic E-state index is 0. The second-order valence-electron chi connectivity index (χ2n) is 8.85. The molecule has 0 saturated heterocycles.